The van der Waals surface area contributed by atoms with E-state index in [1.54, 1.807) is 12.1 Å². The summed E-state index contributed by atoms with van der Waals surface area (Å²) < 4.78 is 12.6. The summed E-state index contributed by atoms with van der Waals surface area (Å²) in [7, 11) is 0. The second-order valence-corrected chi connectivity index (χ2v) is 7.64. The van der Waals surface area contributed by atoms with Gasteiger partial charge in [-0.2, -0.15) is 0 Å². The lowest BCUT2D eigenvalue weighted by molar-refractivity contribution is -0.486. The highest BCUT2D eigenvalue weighted by Gasteiger charge is 2.38. The molecule has 0 bridgehead atoms. The zero-order valence-corrected chi connectivity index (χ0v) is 13.1. The molecule has 0 amide bonds. The molecule has 1 aliphatic rings. The molecule has 0 radical (unpaired) electrons. The second kappa shape index (κ2) is 6.18. The standard InChI is InChI=1S/C9H11ClN5O4PS/c10-8-2-1-7(5-11-8)6-13-3-4-14(20(18,19)21)9(13)12-15(16)17/h1-2,5H,3-4,6H2,(H2,18,19,21)/b12-9+. The molecule has 0 aliphatic carbocycles. The number of nitrogens with zero attached hydrogens (tertiary/aromatic N) is 5. The largest absolute Gasteiger partial charge is 0.350 e. The van der Waals surface area contributed by atoms with Crippen LogP contribution in [0.1, 0.15) is 5.56 Å². The minimum absolute atomic E-state index is 0.116. The summed E-state index contributed by atoms with van der Waals surface area (Å²) in [5.41, 5.74) is 0.740. The molecule has 1 aromatic rings. The Balaban J connectivity index is 2.24. The Morgan fingerprint density at radius 3 is 2.81 bits per heavy atom. The summed E-state index contributed by atoms with van der Waals surface area (Å²) in [6, 6.07) is 3.30. The van der Waals surface area contributed by atoms with Crippen LogP contribution in [0.25, 0.3) is 0 Å². The van der Waals surface area contributed by atoms with Crippen molar-refractivity contribution >= 4 is 36.5 Å². The number of thiol groups is 1. The molecule has 1 aromatic heterocycles. The summed E-state index contributed by atoms with van der Waals surface area (Å²) in [5.74, 6) is -0.198. The van der Waals surface area contributed by atoms with Gasteiger partial charge in [-0.1, -0.05) is 29.9 Å². The van der Waals surface area contributed by atoms with E-state index in [4.69, 9.17) is 11.6 Å². The maximum Gasteiger partial charge on any atom is 0.350 e. The Morgan fingerprint density at radius 1 is 1.57 bits per heavy atom. The Hall–Kier alpha value is -1.35. The van der Waals surface area contributed by atoms with Gasteiger partial charge in [-0.25, -0.2) is 15.1 Å². The Bertz CT molecular complexity index is 621. The first-order chi connectivity index (χ1) is 9.77. The summed E-state index contributed by atoms with van der Waals surface area (Å²) in [4.78, 5) is 25.5. The highest BCUT2D eigenvalue weighted by atomic mass is 35.5. The molecule has 1 atom stereocenters. The van der Waals surface area contributed by atoms with Crippen LogP contribution < -0.4 is 0 Å². The molecular formula is C9H11ClN5O4PS. The van der Waals surface area contributed by atoms with Crippen molar-refractivity contribution in [2.75, 3.05) is 13.1 Å². The molecule has 2 heterocycles. The molecule has 2 rings (SSSR count). The lowest BCUT2D eigenvalue weighted by atomic mass is 10.3. The predicted octanol–water partition coefficient (Wildman–Crippen LogP) is 1.43. The Labute approximate surface area is 130 Å². The fourth-order valence-corrected chi connectivity index (χ4v) is 3.25. The van der Waals surface area contributed by atoms with Crippen molar-refractivity contribution in [1.29, 1.82) is 0 Å². The minimum atomic E-state index is -3.96. The SMILES string of the molecule is O=[N+]([O-])/N=C1\N(Cc2ccc(Cl)nc2)CCN1P(=O)(O)S. The highest BCUT2D eigenvalue weighted by Crippen LogP contribution is 2.51. The highest BCUT2D eigenvalue weighted by molar-refractivity contribution is 8.45. The van der Waals surface area contributed by atoms with Crippen molar-refractivity contribution in [3.63, 3.8) is 0 Å². The van der Waals surface area contributed by atoms with Gasteiger partial charge in [0.2, 0.25) is 0 Å². The van der Waals surface area contributed by atoms with Crippen molar-refractivity contribution in [2.45, 2.75) is 6.54 Å². The Morgan fingerprint density at radius 2 is 2.29 bits per heavy atom. The maximum atomic E-state index is 11.6. The number of halogens is 1. The predicted molar refractivity (Wildman–Crippen MR) is 79.6 cm³/mol. The molecule has 1 N–H and O–H groups in total. The number of aromatic nitrogens is 1. The van der Waals surface area contributed by atoms with E-state index in [1.165, 1.54) is 11.1 Å². The molecule has 1 unspecified atom stereocenters. The summed E-state index contributed by atoms with van der Waals surface area (Å²) in [6.07, 6.45) is 1.52. The zero-order chi connectivity index (χ0) is 15.6. The smallest absolute Gasteiger partial charge is 0.331 e. The molecule has 9 nitrogen and oxygen atoms in total. The van der Waals surface area contributed by atoms with Crippen molar-refractivity contribution in [1.82, 2.24) is 14.6 Å². The van der Waals surface area contributed by atoms with E-state index >= 15 is 0 Å². The number of hydrogen-bond acceptors (Lipinski definition) is 4. The van der Waals surface area contributed by atoms with Crippen molar-refractivity contribution in [3.05, 3.63) is 39.2 Å². The van der Waals surface area contributed by atoms with Crippen molar-refractivity contribution < 1.29 is 14.5 Å². The molecule has 1 fully saturated rings. The quantitative estimate of drug-likeness (QED) is 0.277. The van der Waals surface area contributed by atoms with E-state index in [-0.39, 0.29) is 19.0 Å². The molecular weight excluding hydrogens is 341 g/mol. The van der Waals surface area contributed by atoms with Gasteiger partial charge in [-0.15, -0.1) is 0 Å². The topological polar surface area (TPSA) is 112 Å². The Kier molecular flexibility index (Phi) is 4.72. The van der Waals surface area contributed by atoms with Gasteiger partial charge < -0.3 is 9.79 Å². The van der Waals surface area contributed by atoms with Crippen LogP contribution in [0.15, 0.2) is 23.4 Å². The van der Waals surface area contributed by atoms with E-state index in [1.807, 2.05) is 0 Å². The lowest BCUT2D eigenvalue weighted by Gasteiger charge is -2.21. The molecule has 1 saturated heterocycles. The molecule has 114 valence electrons. The van der Waals surface area contributed by atoms with Gasteiger partial charge in [-0.3, -0.25) is 9.24 Å². The number of pyridine rings is 1. The molecule has 21 heavy (non-hydrogen) atoms. The molecule has 0 aromatic carbocycles. The maximum absolute atomic E-state index is 11.6. The normalized spacial score (nSPS) is 19.9. The van der Waals surface area contributed by atoms with Gasteiger partial charge in [0, 0.05) is 25.8 Å². The van der Waals surface area contributed by atoms with Crippen LogP contribution in [0.5, 0.6) is 0 Å². The number of nitro groups is 1. The van der Waals surface area contributed by atoms with E-state index < -0.39 is 11.8 Å². The summed E-state index contributed by atoms with van der Waals surface area (Å²) in [6.45, 7) is -3.29. The fourth-order valence-electron chi connectivity index (χ4n) is 1.88. The van der Waals surface area contributed by atoms with Crippen LogP contribution in [-0.4, -0.2) is 43.5 Å². The fraction of sp³-hybridized carbons (Fsp3) is 0.333. The second-order valence-electron chi connectivity index (χ2n) is 4.18. The van der Waals surface area contributed by atoms with Crippen LogP contribution >= 0.6 is 30.6 Å². The molecule has 0 saturated carbocycles. The molecule has 12 heteroatoms. The third-order valence-electron chi connectivity index (χ3n) is 2.74. The van der Waals surface area contributed by atoms with E-state index in [9.17, 15) is 19.6 Å². The van der Waals surface area contributed by atoms with Crippen LogP contribution in [0, 0.1) is 10.1 Å². The number of hydrazone groups is 1. The van der Waals surface area contributed by atoms with Crippen LogP contribution in [0.3, 0.4) is 0 Å². The van der Waals surface area contributed by atoms with Crippen LogP contribution in [0.2, 0.25) is 5.15 Å². The van der Waals surface area contributed by atoms with Crippen molar-refractivity contribution in [3.8, 4) is 0 Å². The van der Waals surface area contributed by atoms with Crippen LogP contribution in [-0.2, 0) is 11.1 Å². The third kappa shape index (κ3) is 4.07. The molecule has 1 aliphatic heterocycles. The van der Waals surface area contributed by atoms with E-state index in [0.717, 1.165) is 10.2 Å². The summed E-state index contributed by atoms with van der Waals surface area (Å²) in [5, 5.41) is 13.2. The van der Waals surface area contributed by atoms with Crippen LogP contribution in [0.4, 0.5) is 0 Å². The van der Waals surface area contributed by atoms with Gasteiger partial charge in [0.15, 0.2) is 5.03 Å². The number of guanidine groups is 1. The minimum Gasteiger partial charge on any atom is -0.331 e. The van der Waals surface area contributed by atoms with E-state index in [2.05, 4.69) is 22.3 Å². The first-order valence-corrected chi connectivity index (χ1v) is 8.83. The lowest BCUT2D eigenvalue weighted by Crippen LogP contribution is -2.31. The summed E-state index contributed by atoms with van der Waals surface area (Å²) >= 11 is 9.27. The average Bonchev–Trinajstić information content (AvgIpc) is 2.74. The van der Waals surface area contributed by atoms with Gasteiger partial charge in [0.25, 0.3) is 5.96 Å². The number of rotatable bonds is 4. The monoisotopic (exact) mass is 351 g/mol. The number of hydrogen-bond donors (Lipinski definition) is 2. The van der Waals surface area contributed by atoms with Gasteiger partial charge in [-0.05, 0) is 11.6 Å². The van der Waals surface area contributed by atoms with Gasteiger partial charge in [0.1, 0.15) is 10.3 Å². The van der Waals surface area contributed by atoms with Crippen molar-refractivity contribution in [2.24, 2.45) is 5.10 Å². The zero-order valence-electron chi connectivity index (χ0n) is 10.5. The van der Waals surface area contributed by atoms with Gasteiger partial charge >= 0.3 is 6.72 Å². The molecule has 0 spiro atoms. The van der Waals surface area contributed by atoms with Gasteiger partial charge in [0.05, 0.1) is 0 Å². The van der Waals surface area contributed by atoms with E-state index in [0.29, 0.717) is 11.7 Å². The first kappa shape index (κ1) is 16.0. The third-order valence-corrected chi connectivity index (χ3v) is 4.62. The first-order valence-electron chi connectivity index (χ1n) is 5.69. The average molecular weight is 352 g/mol.